The van der Waals surface area contributed by atoms with Gasteiger partial charge in [-0.2, -0.15) is 0 Å². The number of ether oxygens (including phenoxy) is 2. The first-order valence-corrected chi connectivity index (χ1v) is 3.67. The molecule has 0 spiro atoms. The van der Waals surface area contributed by atoms with Gasteiger partial charge < -0.3 is 9.47 Å². The van der Waals surface area contributed by atoms with E-state index in [1.165, 1.54) is 0 Å². The molecule has 0 aromatic rings. The molecular weight excluding hydrogens is 128 g/mol. The quantitative estimate of drug-likeness (QED) is 0.429. The highest BCUT2D eigenvalue weighted by molar-refractivity contribution is 4.79. The van der Waals surface area contributed by atoms with Crippen LogP contribution in [0.25, 0.3) is 0 Å². The number of epoxide rings is 2. The zero-order valence-corrected chi connectivity index (χ0v) is 6.38. The molecule has 2 fully saturated rings. The highest BCUT2D eigenvalue weighted by Gasteiger charge is 2.19. The van der Waals surface area contributed by atoms with E-state index in [0.29, 0.717) is 12.2 Å². The zero-order valence-electron chi connectivity index (χ0n) is 6.38. The van der Waals surface area contributed by atoms with Crippen molar-refractivity contribution in [3.8, 4) is 0 Å². The lowest BCUT2D eigenvalue weighted by atomic mass is 10.3. The smallest absolute Gasteiger partial charge is 0.0844 e. The van der Waals surface area contributed by atoms with Crippen LogP contribution in [0.2, 0.25) is 0 Å². The van der Waals surface area contributed by atoms with Crippen LogP contribution in [0.3, 0.4) is 0 Å². The molecule has 0 amide bonds. The van der Waals surface area contributed by atoms with Crippen LogP contribution < -0.4 is 0 Å². The average molecular weight is 142 g/mol. The molecule has 2 nitrogen and oxygen atoms in total. The van der Waals surface area contributed by atoms with E-state index in [2.05, 4.69) is 13.5 Å². The van der Waals surface area contributed by atoms with E-state index in [1.807, 2.05) is 6.08 Å². The third kappa shape index (κ3) is 4.53. The zero-order chi connectivity index (χ0) is 7.40. The van der Waals surface area contributed by atoms with E-state index in [9.17, 15) is 0 Å². The Hall–Kier alpha value is -0.340. The van der Waals surface area contributed by atoms with E-state index in [1.54, 1.807) is 0 Å². The molecule has 2 rings (SSSR count). The van der Waals surface area contributed by atoms with Gasteiger partial charge in [-0.1, -0.05) is 6.08 Å². The molecule has 2 aliphatic heterocycles. The summed E-state index contributed by atoms with van der Waals surface area (Å²) in [7, 11) is 0. The van der Waals surface area contributed by atoms with E-state index in [-0.39, 0.29) is 0 Å². The van der Waals surface area contributed by atoms with Crippen molar-refractivity contribution in [3.63, 3.8) is 0 Å². The normalized spacial score (nSPS) is 33.7. The van der Waals surface area contributed by atoms with Crippen molar-refractivity contribution in [3.05, 3.63) is 12.7 Å². The van der Waals surface area contributed by atoms with Crippen LogP contribution in [-0.4, -0.2) is 25.4 Å². The van der Waals surface area contributed by atoms with Gasteiger partial charge in [-0.05, 0) is 13.3 Å². The molecule has 2 heterocycles. The first-order chi connectivity index (χ1) is 4.83. The van der Waals surface area contributed by atoms with Gasteiger partial charge in [-0.25, -0.2) is 0 Å². The monoisotopic (exact) mass is 142 g/mol. The van der Waals surface area contributed by atoms with Gasteiger partial charge in [0, 0.05) is 0 Å². The van der Waals surface area contributed by atoms with Crippen molar-refractivity contribution in [2.45, 2.75) is 25.6 Å². The predicted octanol–water partition coefficient (Wildman–Crippen LogP) is 1.37. The van der Waals surface area contributed by atoms with Crippen LogP contribution in [0.4, 0.5) is 0 Å². The topological polar surface area (TPSA) is 25.1 Å². The molecule has 0 bridgehead atoms. The molecule has 10 heavy (non-hydrogen) atoms. The van der Waals surface area contributed by atoms with Gasteiger partial charge in [0.1, 0.15) is 0 Å². The molecule has 0 radical (unpaired) electrons. The van der Waals surface area contributed by atoms with Gasteiger partial charge in [-0.3, -0.25) is 0 Å². The Bertz CT molecular complexity index is 104. The molecule has 2 saturated heterocycles. The van der Waals surface area contributed by atoms with E-state index in [4.69, 9.17) is 9.47 Å². The molecule has 2 atom stereocenters. The second-order valence-electron chi connectivity index (χ2n) is 2.62. The van der Waals surface area contributed by atoms with Gasteiger partial charge in [-0.15, -0.1) is 6.58 Å². The maximum atomic E-state index is 4.88. The summed E-state index contributed by atoms with van der Waals surface area (Å²) in [6.45, 7) is 7.55. The fourth-order valence-electron chi connectivity index (χ4n) is 0.486. The fraction of sp³-hybridized carbons (Fsp3) is 0.750. The summed E-state index contributed by atoms with van der Waals surface area (Å²) < 4.78 is 9.59. The minimum atomic E-state index is 0.530. The Kier molecular flexibility index (Phi) is 2.90. The largest absolute Gasteiger partial charge is 0.373 e. The minimum Gasteiger partial charge on any atom is -0.373 e. The molecule has 2 unspecified atom stereocenters. The van der Waals surface area contributed by atoms with Crippen molar-refractivity contribution < 1.29 is 9.47 Å². The predicted molar refractivity (Wildman–Crippen MR) is 40.0 cm³/mol. The highest BCUT2D eigenvalue weighted by Crippen LogP contribution is 2.12. The standard InChI is InChI=1S/C5H8O.C3H6O/c1-2-3-5-4-6-5;1-3-2-4-3/h2,5H,1,3-4H2;3H,2H2,1H3. The van der Waals surface area contributed by atoms with Crippen molar-refractivity contribution >= 4 is 0 Å². The maximum absolute atomic E-state index is 4.88. The molecular formula is C8H14O2. The Labute approximate surface area is 61.8 Å². The van der Waals surface area contributed by atoms with Crippen LogP contribution >= 0.6 is 0 Å². The molecule has 0 saturated carbocycles. The second kappa shape index (κ2) is 3.74. The second-order valence-corrected chi connectivity index (χ2v) is 2.62. The lowest BCUT2D eigenvalue weighted by Gasteiger charge is -1.73. The summed E-state index contributed by atoms with van der Waals surface area (Å²) in [5, 5.41) is 0. The van der Waals surface area contributed by atoms with Crippen LogP contribution in [0, 0.1) is 0 Å². The summed E-state index contributed by atoms with van der Waals surface area (Å²) >= 11 is 0. The van der Waals surface area contributed by atoms with Crippen molar-refractivity contribution in [2.24, 2.45) is 0 Å². The van der Waals surface area contributed by atoms with Gasteiger partial charge in [0.15, 0.2) is 0 Å². The molecule has 58 valence electrons. The maximum Gasteiger partial charge on any atom is 0.0844 e. The van der Waals surface area contributed by atoms with Gasteiger partial charge in [0.05, 0.1) is 25.4 Å². The third-order valence-electron chi connectivity index (χ3n) is 1.33. The fourth-order valence-corrected chi connectivity index (χ4v) is 0.486. The third-order valence-corrected chi connectivity index (χ3v) is 1.33. The summed E-state index contributed by atoms with van der Waals surface area (Å²) in [4.78, 5) is 0. The molecule has 0 aromatic carbocycles. The molecule has 2 heteroatoms. The summed E-state index contributed by atoms with van der Waals surface area (Å²) in [5.41, 5.74) is 0. The first kappa shape index (κ1) is 7.76. The summed E-state index contributed by atoms with van der Waals surface area (Å²) in [5.74, 6) is 0. The SMILES string of the molecule is C=CCC1CO1.CC1CO1. The van der Waals surface area contributed by atoms with Gasteiger partial charge in [0.2, 0.25) is 0 Å². The van der Waals surface area contributed by atoms with Crippen molar-refractivity contribution in [1.82, 2.24) is 0 Å². The highest BCUT2D eigenvalue weighted by atomic mass is 16.6. The van der Waals surface area contributed by atoms with Crippen LogP contribution in [0.1, 0.15) is 13.3 Å². The van der Waals surface area contributed by atoms with E-state index < -0.39 is 0 Å². The molecule has 0 N–H and O–H groups in total. The van der Waals surface area contributed by atoms with Gasteiger partial charge in [0.25, 0.3) is 0 Å². The van der Waals surface area contributed by atoms with Crippen molar-refractivity contribution in [2.75, 3.05) is 13.2 Å². The molecule has 0 aliphatic carbocycles. The Balaban J connectivity index is 0.000000108. The summed E-state index contributed by atoms with van der Waals surface area (Å²) in [6.07, 6.45) is 4.03. The van der Waals surface area contributed by atoms with Crippen LogP contribution in [0.5, 0.6) is 0 Å². The Morgan fingerprint density at radius 1 is 1.50 bits per heavy atom. The van der Waals surface area contributed by atoms with E-state index >= 15 is 0 Å². The Morgan fingerprint density at radius 2 is 2.00 bits per heavy atom. The van der Waals surface area contributed by atoms with Gasteiger partial charge >= 0.3 is 0 Å². The average Bonchev–Trinajstić information content (AvgIpc) is 2.68. The van der Waals surface area contributed by atoms with Crippen LogP contribution in [-0.2, 0) is 9.47 Å². The number of hydrogen-bond acceptors (Lipinski definition) is 2. The summed E-state index contributed by atoms with van der Waals surface area (Å²) in [6, 6.07) is 0. The number of hydrogen-bond donors (Lipinski definition) is 0. The lowest BCUT2D eigenvalue weighted by Crippen LogP contribution is -1.75. The lowest BCUT2D eigenvalue weighted by molar-refractivity contribution is 0.410. The van der Waals surface area contributed by atoms with Crippen molar-refractivity contribution in [1.29, 1.82) is 0 Å². The van der Waals surface area contributed by atoms with E-state index in [0.717, 1.165) is 19.6 Å². The molecule has 0 aromatic heterocycles. The number of rotatable bonds is 2. The van der Waals surface area contributed by atoms with Crippen LogP contribution in [0.15, 0.2) is 12.7 Å². The minimum absolute atomic E-state index is 0.530. The first-order valence-electron chi connectivity index (χ1n) is 3.67. The molecule has 2 aliphatic rings. The Morgan fingerprint density at radius 3 is 2.10 bits per heavy atom.